The number of aliphatic hydroxyl groups is 2. The molecule has 3 aromatic rings. The number of rotatable bonds is 11. The van der Waals surface area contributed by atoms with Crippen LogP contribution in [-0.4, -0.2) is 53.6 Å². The van der Waals surface area contributed by atoms with Crippen molar-refractivity contribution in [2.45, 2.75) is 76.9 Å². The zero-order valence-corrected chi connectivity index (χ0v) is 20.0. The summed E-state index contributed by atoms with van der Waals surface area (Å²) in [5.41, 5.74) is 1.70. The van der Waals surface area contributed by atoms with E-state index in [2.05, 4.69) is 34.4 Å². The molecule has 0 bridgehead atoms. The summed E-state index contributed by atoms with van der Waals surface area (Å²) in [7, 11) is 0. The molecule has 1 aliphatic rings. The monoisotopic (exact) mass is 483 g/mol. The molecule has 3 heterocycles. The van der Waals surface area contributed by atoms with Crippen molar-refractivity contribution in [2.75, 3.05) is 6.61 Å². The van der Waals surface area contributed by atoms with Gasteiger partial charge in [-0.2, -0.15) is 0 Å². The first-order valence-corrected chi connectivity index (χ1v) is 12.3. The molecule has 1 fully saturated rings. The summed E-state index contributed by atoms with van der Waals surface area (Å²) in [5.74, 6) is 0. The molecule has 0 aliphatic carbocycles. The van der Waals surface area contributed by atoms with Crippen molar-refractivity contribution < 1.29 is 14.9 Å². The van der Waals surface area contributed by atoms with Crippen LogP contribution in [0.25, 0.3) is 11.3 Å². The predicted molar refractivity (Wildman–Crippen MR) is 130 cm³/mol. The molecule has 2 aromatic heterocycles. The highest BCUT2D eigenvalue weighted by Crippen LogP contribution is 2.28. The lowest BCUT2D eigenvalue weighted by Crippen LogP contribution is -2.33. The minimum Gasteiger partial charge on any atom is -0.394 e. The lowest BCUT2D eigenvalue weighted by atomic mass is 10.0. The van der Waals surface area contributed by atoms with E-state index in [9.17, 15) is 19.8 Å². The fraction of sp³-hybridized carbons (Fsp3) is 0.520. The second kappa shape index (κ2) is 11.6. The summed E-state index contributed by atoms with van der Waals surface area (Å²) < 4.78 is 8.46. The molecule has 3 N–H and O–H groups in total. The van der Waals surface area contributed by atoms with E-state index in [-0.39, 0.29) is 18.6 Å². The Morgan fingerprint density at radius 1 is 1.11 bits per heavy atom. The van der Waals surface area contributed by atoms with Crippen LogP contribution < -0.4 is 11.2 Å². The third-order valence-corrected chi connectivity index (χ3v) is 6.48. The van der Waals surface area contributed by atoms with Crippen molar-refractivity contribution in [3.05, 3.63) is 68.6 Å². The van der Waals surface area contributed by atoms with Gasteiger partial charge in [0.05, 0.1) is 31.0 Å². The van der Waals surface area contributed by atoms with Gasteiger partial charge in [0.1, 0.15) is 18.0 Å². The quantitative estimate of drug-likeness (QED) is 0.355. The number of H-pyrrole nitrogens is 1. The Bertz CT molecular complexity index is 1230. The molecule has 0 spiro atoms. The van der Waals surface area contributed by atoms with Crippen LogP contribution in [0.2, 0.25) is 0 Å². The Morgan fingerprint density at radius 2 is 1.89 bits per heavy atom. The van der Waals surface area contributed by atoms with Crippen molar-refractivity contribution in [2.24, 2.45) is 0 Å². The average molecular weight is 484 g/mol. The molecule has 10 nitrogen and oxygen atoms in total. The molecule has 0 radical (unpaired) electrons. The summed E-state index contributed by atoms with van der Waals surface area (Å²) in [6, 6.07) is 8.27. The van der Waals surface area contributed by atoms with Crippen molar-refractivity contribution in [3.8, 4) is 11.3 Å². The number of benzene rings is 1. The number of unbranched alkanes of at least 4 members (excludes halogenated alkanes) is 4. The van der Waals surface area contributed by atoms with E-state index in [1.807, 2.05) is 12.1 Å². The first kappa shape index (κ1) is 25.0. The topological polar surface area (TPSA) is 135 Å². The molecule has 188 valence electrons. The van der Waals surface area contributed by atoms with Crippen LogP contribution >= 0.6 is 0 Å². The fourth-order valence-corrected chi connectivity index (χ4v) is 4.48. The Kier molecular flexibility index (Phi) is 8.27. The minimum absolute atomic E-state index is 0.124. The van der Waals surface area contributed by atoms with Crippen LogP contribution in [0.1, 0.15) is 62.8 Å². The highest BCUT2D eigenvalue weighted by molar-refractivity contribution is 5.54. The highest BCUT2D eigenvalue weighted by atomic mass is 16.5. The first-order chi connectivity index (χ1) is 17.0. The number of aliphatic hydroxyl groups excluding tert-OH is 2. The van der Waals surface area contributed by atoms with E-state index in [4.69, 9.17) is 4.74 Å². The molecule has 1 saturated heterocycles. The molecule has 0 amide bonds. The number of aryl methyl sites for hydroxylation is 1. The van der Waals surface area contributed by atoms with Crippen molar-refractivity contribution in [1.82, 2.24) is 24.5 Å². The smallest absolute Gasteiger partial charge is 0.330 e. The van der Waals surface area contributed by atoms with Gasteiger partial charge in [0.15, 0.2) is 0 Å². The number of hydrogen-bond donors (Lipinski definition) is 3. The summed E-state index contributed by atoms with van der Waals surface area (Å²) >= 11 is 0. The standard InChI is InChI=1S/C25H33N5O5/c1-2-3-4-5-6-9-17-10-7-8-11-18(17)13-29-15-20(27-28-29)19-14-30(25(34)26-24(19)33)23-12-21(32)22(16-31)35-23/h7-8,10-11,14-15,21-23,31-32H,2-6,9,12-13,16H2,1H3,(H,26,33,34)/t21-,22+,23+/m0/s1. The Balaban J connectivity index is 1.51. The predicted octanol–water partition coefficient (Wildman–Crippen LogP) is 2.00. The molecule has 10 heteroatoms. The van der Waals surface area contributed by atoms with Gasteiger partial charge in [-0.25, -0.2) is 9.48 Å². The fourth-order valence-electron chi connectivity index (χ4n) is 4.48. The van der Waals surface area contributed by atoms with E-state index in [0.29, 0.717) is 12.2 Å². The van der Waals surface area contributed by atoms with E-state index >= 15 is 0 Å². The molecule has 1 aliphatic heterocycles. The third-order valence-electron chi connectivity index (χ3n) is 6.48. The molecule has 0 unspecified atom stereocenters. The minimum atomic E-state index is -0.903. The number of aromatic nitrogens is 5. The molecular formula is C25H33N5O5. The van der Waals surface area contributed by atoms with Crippen LogP contribution in [-0.2, 0) is 17.7 Å². The highest BCUT2D eigenvalue weighted by Gasteiger charge is 2.35. The zero-order valence-electron chi connectivity index (χ0n) is 20.0. The summed E-state index contributed by atoms with van der Waals surface area (Å²) in [4.78, 5) is 27.2. The number of aromatic amines is 1. The van der Waals surface area contributed by atoms with Crippen LogP contribution in [0.5, 0.6) is 0 Å². The number of hydrogen-bond acceptors (Lipinski definition) is 7. The van der Waals surface area contributed by atoms with E-state index in [0.717, 1.165) is 18.4 Å². The van der Waals surface area contributed by atoms with Gasteiger partial charge in [-0.15, -0.1) is 5.10 Å². The number of ether oxygens (including phenoxy) is 1. The van der Waals surface area contributed by atoms with Gasteiger partial charge in [-0.1, -0.05) is 62.1 Å². The summed E-state index contributed by atoms with van der Waals surface area (Å²) in [5, 5.41) is 27.7. The van der Waals surface area contributed by atoms with Crippen molar-refractivity contribution in [3.63, 3.8) is 0 Å². The summed E-state index contributed by atoms with van der Waals surface area (Å²) in [6.45, 7) is 2.37. The van der Waals surface area contributed by atoms with Gasteiger partial charge in [0.2, 0.25) is 0 Å². The maximum absolute atomic E-state index is 12.5. The zero-order chi connectivity index (χ0) is 24.8. The largest absolute Gasteiger partial charge is 0.394 e. The Labute approximate surface area is 203 Å². The van der Waals surface area contributed by atoms with Crippen LogP contribution in [0, 0.1) is 0 Å². The maximum Gasteiger partial charge on any atom is 0.330 e. The van der Waals surface area contributed by atoms with E-state index < -0.39 is 29.7 Å². The van der Waals surface area contributed by atoms with Crippen molar-refractivity contribution in [1.29, 1.82) is 0 Å². The average Bonchev–Trinajstić information content (AvgIpc) is 3.46. The lowest BCUT2D eigenvalue weighted by Gasteiger charge is -2.14. The van der Waals surface area contributed by atoms with Gasteiger partial charge in [0.25, 0.3) is 5.56 Å². The second-order valence-electron chi connectivity index (χ2n) is 9.06. The molecule has 1 aromatic carbocycles. The molecule has 35 heavy (non-hydrogen) atoms. The lowest BCUT2D eigenvalue weighted by molar-refractivity contribution is -0.0458. The third kappa shape index (κ3) is 5.95. The number of nitrogens with zero attached hydrogens (tertiary/aromatic N) is 4. The normalized spacial score (nSPS) is 19.9. The van der Waals surface area contributed by atoms with Crippen LogP contribution in [0.3, 0.4) is 0 Å². The Morgan fingerprint density at radius 3 is 2.63 bits per heavy atom. The van der Waals surface area contributed by atoms with Crippen molar-refractivity contribution >= 4 is 0 Å². The SMILES string of the molecule is CCCCCCCc1ccccc1Cn1cc(-c2cn([C@H]3C[C@H](O)[C@@H](CO)O3)c(=O)[nH]c2=O)nn1. The van der Waals surface area contributed by atoms with Gasteiger partial charge >= 0.3 is 5.69 Å². The Hall–Kier alpha value is -3.08. The second-order valence-corrected chi connectivity index (χ2v) is 9.06. The van der Waals surface area contributed by atoms with Gasteiger partial charge < -0.3 is 14.9 Å². The molecule has 3 atom stereocenters. The van der Waals surface area contributed by atoms with E-state index in [1.54, 1.807) is 10.9 Å². The maximum atomic E-state index is 12.5. The van der Waals surface area contributed by atoms with Gasteiger partial charge in [-0.3, -0.25) is 14.3 Å². The van der Waals surface area contributed by atoms with Crippen LogP contribution in [0.4, 0.5) is 0 Å². The van der Waals surface area contributed by atoms with Gasteiger partial charge in [0, 0.05) is 12.6 Å². The summed E-state index contributed by atoms with van der Waals surface area (Å²) in [6.07, 6.45) is 7.81. The molecule has 4 rings (SSSR count). The first-order valence-electron chi connectivity index (χ1n) is 12.3. The molecular weight excluding hydrogens is 450 g/mol. The van der Waals surface area contributed by atoms with Gasteiger partial charge in [-0.05, 0) is 24.0 Å². The van der Waals surface area contributed by atoms with Crippen LogP contribution in [0.15, 0.2) is 46.2 Å². The number of nitrogens with one attached hydrogen (secondary N) is 1. The molecule has 0 saturated carbocycles. The van der Waals surface area contributed by atoms with E-state index in [1.165, 1.54) is 42.0 Å².